The van der Waals surface area contributed by atoms with E-state index in [1.165, 1.54) is 0 Å². The fraction of sp³-hybridized carbons (Fsp3) is 0.524. The number of cyclic esters (lactones) is 1. The number of rotatable bonds is 15. The second kappa shape index (κ2) is 18.0. The average Bonchev–Trinajstić information content (AvgIpc) is 3.51. The molecule has 0 spiro atoms. The normalized spacial score (nSPS) is 16.7. The minimum absolute atomic E-state index is 0.0261. The molecule has 17 nitrogen and oxygen atoms in total. The van der Waals surface area contributed by atoms with E-state index in [0.29, 0.717) is 16.9 Å². The van der Waals surface area contributed by atoms with Crippen molar-refractivity contribution in [3.8, 4) is 11.4 Å². The molecule has 0 aliphatic carbocycles. The Bertz CT molecular complexity index is 2270. The fourth-order valence-corrected chi connectivity index (χ4v) is 7.74. The molecule has 3 aromatic rings. The number of ether oxygens (including phenoxy) is 3. The van der Waals surface area contributed by atoms with Crippen LogP contribution in [0.4, 0.5) is 9.59 Å². The minimum Gasteiger partial charge on any atom is -0.457 e. The molecular weight excluding hydrogens is 842 g/mol. The number of aromatic nitrogens is 2. The number of urea groups is 1. The van der Waals surface area contributed by atoms with Gasteiger partial charge in [-0.2, -0.15) is 0 Å². The molecule has 5 rings (SSSR count). The summed E-state index contributed by atoms with van der Waals surface area (Å²) in [5.41, 5.74) is 4.21. The zero-order valence-electron chi connectivity index (χ0n) is 35.2. The van der Waals surface area contributed by atoms with Gasteiger partial charge in [0.25, 0.3) is 5.56 Å². The number of esters is 2. The first-order valence-electron chi connectivity index (χ1n) is 19.9. The number of carbonyl (C=O) groups excluding carboxylic acids is 6. The second-order valence-corrected chi connectivity index (χ2v) is 18.1. The molecular formula is C42H54BrN7O10. The Morgan fingerprint density at radius 2 is 1.75 bits per heavy atom. The van der Waals surface area contributed by atoms with Crippen LogP contribution in [-0.4, -0.2) is 76.2 Å². The molecule has 0 bridgehead atoms. The van der Waals surface area contributed by atoms with Crippen LogP contribution in [0.15, 0.2) is 39.6 Å². The molecule has 0 radical (unpaired) electrons. The van der Waals surface area contributed by atoms with E-state index in [2.05, 4.69) is 37.2 Å². The van der Waals surface area contributed by atoms with Gasteiger partial charge < -0.3 is 45.8 Å². The van der Waals surface area contributed by atoms with Gasteiger partial charge in [-0.05, 0) is 75.6 Å². The molecule has 0 unspecified atom stereocenters. The second-order valence-electron chi connectivity index (χ2n) is 17.3. The number of amides is 5. The summed E-state index contributed by atoms with van der Waals surface area (Å²) in [6, 6.07) is 6.43. The van der Waals surface area contributed by atoms with Crippen molar-refractivity contribution < 1.29 is 43.0 Å². The number of alkyl carbamates (subject to hydrolysis) is 1. The van der Waals surface area contributed by atoms with Crippen LogP contribution in [0.1, 0.15) is 97.8 Å². The van der Waals surface area contributed by atoms with E-state index in [1.807, 2.05) is 24.3 Å². The van der Waals surface area contributed by atoms with E-state index in [-0.39, 0.29) is 74.5 Å². The SMILES string of the molecule is CC[C@@]1(OC(=O)CC(C)(C)CNC(=O)[C@H](CCCNC(N)=O)NC(=O)[C@@H](NC(=O)OC(C)(C)C)C(C)C)C(=O)OCc2c1cc1n(c2=O)Cc2cc3c(Br)cccc3nc2-1. The molecule has 4 heterocycles. The van der Waals surface area contributed by atoms with Crippen molar-refractivity contribution in [3.05, 3.63) is 61.8 Å². The van der Waals surface area contributed by atoms with Crippen molar-refractivity contribution in [1.82, 2.24) is 30.8 Å². The Labute approximate surface area is 356 Å². The van der Waals surface area contributed by atoms with Gasteiger partial charge in [-0.15, -0.1) is 0 Å². The molecule has 2 aliphatic rings. The van der Waals surface area contributed by atoms with E-state index in [1.54, 1.807) is 66.0 Å². The number of fused-ring (bicyclic) bond motifs is 5. The van der Waals surface area contributed by atoms with Crippen LogP contribution in [0, 0.1) is 11.3 Å². The highest BCUT2D eigenvalue weighted by atomic mass is 79.9. The van der Waals surface area contributed by atoms with Crippen molar-refractivity contribution in [2.75, 3.05) is 13.1 Å². The summed E-state index contributed by atoms with van der Waals surface area (Å²) in [7, 11) is 0. The Morgan fingerprint density at radius 1 is 1.03 bits per heavy atom. The van der Waals surface area contributed by atoms with Crippen molar-refractivity contribution in [3.63, 3.8) is 0 Å². The first-order valence-corrected chi connectivity index (χ1v) is 20.7. The van der Waals surface area contributed by atoms with Crippen LogP contribution in [0.5, 0.6) is 0 Å². The van der Waals surface area contributed by atoms with Gasteiger partial charge >= 0.3 is 24.1 Å². The highest BCUT2D eigenvalue weighted by Gasteiger charge is 2.51. The molecule has 1 aromatic carbocycles. The fourth-order valence-electron chi connectivity index (χ4n) is 7.27. The van der Waals surface area contributed by atoms with E-state index < -0.39 is 64.6 Å². The third-order valence-corrected chi connectivity index (χ3v) is 11.0. The maximum absolute atomic E-state index is 14.0. The molecule has 324 valence electrons. The van der Waals surface area contributed by atoms with E-state index in [0.717, 1.165) is 15.4 Å². The van der Waals surface area contributed by atoms with Crippen LogP contribution >= 0.6 is 15.9 Å². The van der Waals surface area contributed by atoms with Crippen LogP contribution in [0.2, 0.25) is 0 Å². The predicted octanol–water partition coefficient (Wildman–Crippen LogP) is 4.41. The largest absolute Gasteiger partial charge is 0.457 e. The summed E-state index contributed by atoms with van der Waals surface area (Å²) in [5, 5.41) is 11.4. The molecule has 5 amide bonds. The number of hydrogen-bond donors (Lipinski definition) is 5. The number of nitrogens with zero attached hydrogens (tertiary/aromatic N) is 2. The summed E-state index contributed by atoms with van der Waals surface area (Å²) >= 11 is 3.57. The van der Waals surface area contributed by atoms with Gasteiger partial charge in [0.05, 0.1) is 35.4 Å². The molecule has 0 saturated carbocycles. The smallest absolute Gasteiger partial charge is 0.408 e. The summed E-state index contributed by atoms with van der Waals surface area (Å²) in [6.07, 6.45) is -0.728. The Morgan fingerprint density at radius 3 is 2.40 bits per heavy atom. The number of halogens is 1. The van der Waals surface area contributed by atoms with Gasteiger partial charge in [0.2, 0.25) is 17.4 Å². The molecule has 2 aliphatic heterocycles. The maximum atomic E-state index is 14.0. The maximum Gasteiger partial charge on any atom is 0.408 e. The predicted molar refractivity (Wildman–Crippen MR) is 224 cm³/mol. The highest BCUT2D eigenvalue weighted by molar-refractivity contribution is 9.10. The Kier molecular flexibility index (Phi) is 13.7. The summed E-state index contributed by atoms with van der Waals surface area (Å²) in [5.74, 6) is -3.16. The summed E-state index contributed by atoms with van der Waals surface area (Å²) in [4.78, 5) is 97.3. The lowest BCUT2D eigenvalue weighted by molar-refractivity contribution is -0.190. The molecule has 3 atom stereocenters. The van der Waals surface area contributed by atoms with E-state index in [4.69, 9.17) is 24.9 Å². The van der Waals surface area contributed by atoms with Gasteiger partial charge in [0.15, 0.2) is 0 Å². The standard InChI is InChI=1S/C42H54BrN7O10/c1-9-42(26-17-30-33-23(16-24-27(43)12-10-13-28(24)47-33)19-50(30)36(54)25(26)20-58-37(42)55)59-31(51)18-41(7,8)21-46-34(52)29(14-11-15-45-38(44)56)48-35(53)32(22(2)3)49-39(57)60-40(4,5)6/h10,12-13,16-17,22,29,32H,9,11,14-15,18-21H2,1-8H3,(H,46,52)(H,48,53)(H,49,57)(H3,44,45,56)/t29-,32-,42-/m0/s1. The number of primary amides is 1. The van der Waals surface area contributed by atoms with Crippen LogP contribution < -0.4 is 32.6 Å². The quantitative estimate of drug-likeness (QED) is 0.0637. The van der Waals surface area contributed by atoms with Gasteiger partial charge in [0, 0.05) is 34.1 Å². The molecule has 0 saturated heterocycles. The molecule has 60 heavy (non-hydrogen) atoms. The molecule has 0 fully saturated rings. The van der Waals surface area contributed by atoms with Crippen molar-refractivity contribution in [2.24, 2.45) is 17.1 Å². The number of benzene rings is 1. The monoisotopic (exact) mass is 895 g/mol. The molecule has 18 heteroatoms. The lowest BCUT2D eigenvalue weighted by atomic mass is 9.84. The van der Waals surface area contributed by atoms with Crippen LogP contribution in [0.25, 0.3) is 22.3 Å². The van der Waals surface area contributed by atoms with Crippen LogP contribution in [0.3, 0.4) is 0 Å². The number of carbonyl (C=O) groups is 6. The number of nitrogens with one attached hydrogen (secondary N) is 4. The Balaban J connectivity index is 1.31. The summed E-state index contributed by atoms with van der Waals surface area (Å²) < 4.78 is 19.3. The van der Waals surface area contributed by atoms with E-state index >= 15 is 0 Å². The highest BCUT2D eigenvalue weighted by Crippen LogP contribution is 2.42. The third-order valence-electron chi connectivity index (χ3n) is 10.3. The van der Waals surface area contributed by atoms with Gasteiger partial charge in [-0.3, -0.25) is 19.2 Å². The third kappa shape index (κ3) is 10.3. The zero-order valence-corrected chi connectivity index (χ0v) is 36.8. The number of pyridine rings is 2. The average molecular weight is 897 g/mol. The lowest BCUT2D eigenvalue weighted by Gasteiger charge is -2.36. The van der Waals surface area contributed by atoms with Crippen molar-refractivity contribution >= 4 is 62.7 Å². The minimum atomic E-state index is -1.92. The number of nitrogens with two attached hydrogens (primary N) is 1. The topological polar surface area (TPSA) is 239 Å². The molecule has 6 N–H and O–H groups in total. The summed E-state index contributed by atoms with van der Waals surface area (Å²) in [6.45, 7) is 13.7. The first-order chi connectivity index (χ1) is 28.1. The van der Waals surface area contributed by atoms with Gasteiger partial charge in [-0.25, -0.2) is 19.4 Å². The zero-order chi connectivity index (χ0) is 44.3. The number of hydrogen-bond acceptors (Lipinski definition) is 11. The molecule has 2 aromatic heterocycles. The lowest BCUT2D eigenvalue weighted by Crippen LogP contribution is -2.56. The van der Waals surface area contributed by atoms with Crippen molar-refractivity contribution in [2.45, 2.75) is 118 Å². The Hall–Kier alpha value is -5.52. The van der Waals surface area contributed by atoms with Gasteiger partial charge in [0.1, 0.15) is 24.3 Å². The van der Waals surface area contributed by atoms with E-state index in [9.17, 15) is 33.6 Å². The first kappa shape index (κ1) is 45.6. The van der Waals surface area contributed by atoms with Crippen molar-refractivity contribution in [1.29, 1.82) is 0 Å². The van der Waals surface area contributed by atoms with Crippen LogP contribution in [-0.2, 0) is 52.1 Å². The van der Waals surface area contributed by atoms with Gasteiger partial charge in [-0.1, -0.05) is 56.6 Å².